The zero-order valence-electron chi connectivity index (χ0n) is 16.1. The van der Waals surface area contributed by atoms with E-state index < -0.39 is 0 Å². The van der Waals surface area contributed by atoms with Crippen molar-refractivity contribution in [3.8, 4) is 0 Å². The first-order chi connectivity index (χ1) is 12.7. The number of aromatic nitrogens is 2. The van der Waals surface area contributed by atoms with Gasteiger partial charge in [-0.25, -0.2) is 9.98 Å². The Hall–Kier alpha value is -2.09. The van der Waals surface area contributed by atoms with Gasteiger partial charge >= 0.3 is 0 Å². The molecule has 0 saturated heterocycles. The molecule has 1 heterocycles. The highest BCUT2D eigenvalue weighted by Crippen LogP contribution is 2.14. The van der Waals surface area contributed by atoms with Crippen LogP contribution in [0.4, 0.5) is 0 Å². The number of fused-ring (bicyclic) bond motifs is 1. The third-order valence-electron chi connectivity index (χ3n) is 4.09. The third kappa shape index (κ3) is 5.95. The van der Waals surface area contributed by atoms with Crippen LogP contribution >= 0.6 is 24.0 Å². The Morgan fingerprint density at radius 3 is 2.48 bits per heavy atom. The van der Waals surface area contributed by atoms with E-state index in [2.05, 4.69) is 82.3 Å². The van der Waals surface area contributed by atoms with Gasteiger partial charge < -0.3 is 15.2 Å². The number of para-hydroxylation sites is 2. The second kappa shape index (κ2) is 10.3. The first kappa shape index (κ1) is 21.2. The highest BCUT2D eigenvalue weighted by molar-refractivity contribution is 14.0. The monoisotopic (exact) mass is 477 g/mol. The normalized spacial score (nSPS) is 11.5. The Bertz CT molecular complexity index is 868. The molecular weight excluding hydrogens is 449 g/mol. The van der Waals surface area contributed by atoms with Gasteiger partial charge in [-0.1, -0.05) is 36.4 Å². The fraction of sp³-hybridized carbons (Fsp3) is 0.333. The number of imidazole rings is 1. The molecule has 0 aliphatic heterocycles. The van der Waals surface area contributed by atoms with Crippen LogP contribution < -0.4 is 10.6 Å². The SMILES string of the molecule is CCNC(=NCc1ccc(Cn2cnc3ccccc32)cc1)NC(C)C.I. The number of hydrogen-bond donors (Lipinski definition) is 2. The summed E-state index contributed by atoms with van der Waals surface area (Å²) in [4.78, 5) is 9.10. The van der Waals surface area contributed by atoms with E-state index in [0.717, 1.165) is 30.1 Å². The number of aliphatic imine (C=N–C) groups is 1. The lowest BCUT2D eigenvalue weighted by Gasteiger charge is -2.14. The lowest BCUT2D eigenvalue weighted by molar-refractivity contribution is 0.700. The van der Waals surface area contributed by atoms with Crippen LogP contribution in [0, 0.1) is 0 Å². The van der Waals surface area contributed by atoms with Crippen LogP contribution in [0.25, 0.3) is 11.0 Å². The minimum atomic E-state index is 0. The molecule has 2 N–H and O–H groups in total. The fourth-order valence-corrected chi connectivity index (χ4v) is 2.85. The molecule has 0 radical (unpaired) electrons. The first-order valence-corrected chi connectivity index (χ1v) is 9.18. The predicted molar refractivity (Wildman–Crippen MR) is 124 cm³/mol. The van der Waals surface area contributed by atoms with Crippen molar-refractivity contribution >= 4 is 41.0 Å². The van der Waals surface area contributed by atoms with Crippen molar-refractivity contribution in [1.29, 1.82) is 0 Å². The van der Waals surface area contributed by atoms with E-state index in [1.54, 1.807) is 0 Å². The van der Waals surface area contributed by atoms with Crippen molar-refractivity contribution in [3.63, 3.8) is 0 Å². The van der Waals surface area contributed by atoms with Crippen LogP contribution in [-0.4, -0.2) is 28.1 Å². The summed E-state index contributed by atoms with van der Waals surface area (Å²) in [6.07, 6.45) is 1.91. The second-order valence-corrected chi connectivity index (χ2v) is 6.67. The van der Waals surface area contributed by atoms with Crippen LogP contribution in [0.15, 0.2) is 59.9 Å². The Labute approximate surface area is 178 Å². The molecule has 0 bridgehead atoms. The molecule has 0 fully saturated rings. The van der Waals surface area contributed by atoms with Crippen LogP contribution in [0.1, 0.15) is 31.9 Å². The largest absolute Gasteiger partial charge is 0.357 e. The highest BCUT2D eigenvalue weighted by Gasteiger charge is 2.03. The average Bonchev–Trinajstić information content (AvgIpc) is 3.04. The molecule has 2 aromatic carbocycles. The van der Waals surface area contributed by atoms with E-state index in [1.165, 1.54) is 11.1 Å². The number of benzene rings is 2. The van der Waals surface area contributed by atoms with E-state index in [4.69, 9.17) is 0 Å². The minimum Gasteiger partial charge on any atom is -0.357 e. The topological polar surface area (TPSA) is 54.2 Å². The minimum absolute atomic E-state index is 0. The van der Waals surface area contributed by atoms with Gasteiger partial charge in [-0.05, 0) is 44.0 Å². The molecule has 0 atom stereocenters. The number of rotatable bonds is 6. The predicted octanol–water partition coefficient (Wildman–Crippen LogP) is 4.17. The number of nitrogens with zero attached hydrogens (tertiary/aromatic N) is 3. The summed E-state index contributed by atoms with van der Waals surface area (Å²) in [5.74, 6) is 0.858. The van der Waals surface area contributed by atoms with E-state index in [1.807, 2.05) is 18.5 Å². The summed E-state index contributed by atoms with van der Waals surface area (Å²) in [6, 6.07) is 17.2. The van der Waals surface area contributed by atoms with E-state index in [-0.39, 0.29) is 24.0 Å². The van der Waals surface area contributed by atoms with Crippen molar-refractivity contribution in [2.45, 2.75) is 39.9 Å². The maximum atomic E-state index is 4.65. The van der Waals surface area contributed by atoms with Gasteiger partial charge in [-0.15, -0.1) is 24.0 Å². The molecule has 0 aliphatic rings. The van der Waals surface area contributed by atoms with Gasteiger partial charge in [-0.2, -0.15) is 0 Å². The summed E-state index contributed by atoms with van der Waals surface area (Å²) in [6.45, 7) is 8.64. The van der Waals surface area contributed by atoms with Gasteiger partial charge in [0.2, 0.25) is 0 Å². The fourth-order valence-electron chi connectivity index (χ4n) is 2.85. The van der Waals surface area contributed by atoms with E-state index >= 15 is 0 Å². The number of halogens is 1. The molecule has 0 unspecified atom stereocenters. The molecule has 1 aromatic heterocycles. The number of guanidine groups is 1. The summed E-state index contributed by atoms with van der Waals surface area (Å²) >= 11 is 0. The molecule has 0 aliphatic carbocycles. The summed E-state index contributed by atoms with van der Waals surface area (Å²) in [7, 11) is 0. The van der Waals surface area contributed by atoms with E-state index in [9.17, 15) is 0 Å². The molecule has 0 amide bonds. The van der Waals surface area contributed by atoms with E-state index in [0.29, 0.717) is 12.6 Å². The Kier molecular flexibility index (Phi) is 8.09. The first-order valence-electron chi connectivity index (χ1n) is 9.18. The molecule has 5 nitrogen and oxygen atoms in total. The molecule has 3 rings (SSSR count). The third-order valence-corrected chi connectivity index (χ3v) is 4.09. The molecule has 0 spiro atoms. The Balaban J connectivity index is 0.00000261. The lowest BCUT2D eigenvalue weighted by Crippen LogP contribution is -2.40. The van der Waals surface area contributed by atoms with Crippen molar-refractivity contribution in [3.05, 3.63) is 66.0 Å². The van der Waals surface area contributed by atoms with Crippen LogP contribution in [0.2, 0.25) is 0 Å². The van der Waals surface area contributed by atoms with Crippen LogP contribution in [-0.2, 0) is 13.1 Å². The van der Waals surface area contributed by atoms with Gasteiger partial charge in [-0.3, -0.25) is 0 Å². The summed E-state index contributed by atoms with van der Waals surface area (Å²) in [5.41, 5.74) is 4.65. The Morgan fingerprint density at radius 2 is 1.78 bits per heavy atom. The van der Waals surface area contributed by atoms with Crippen molar-refractivity contribution in [2.24, 2.45) is 4.99 Å². The molecule has 144 valence electrons. The molecule has 3 aromatic rings. The van der Waals surface area contributed by atoms with Gasteiger partial charge in [0.25, 0.3) is 0 Å². The lowest BCUT2D eigenvalue weighted by atomic mass is 10.1. The number of hydrogen-bond acceptors (Lipinski definition) is 2. The molecule has 0 saturated carbocycles. The summed E-state index contributed by atoms with van der Waals surface area (Å²) in [5, 5.41) is 6.61. The zero-order chi connectivity index (χ0) is 18.4. The smallest absolute Gasteiger partial charge is 0.191 e. The van der Waals surface area contributed by atoms with Gasteiger partial charge in [0, 0.05) is 19.1 Å². The van der Waals surface area contributed by atoms with Crippen LogP contribution in [0.3, 0.4) is 0 Å². The quantitative estimate of drug-likeness (QED) is 0.319. The second-order valence-electron chi connectivity index (χ2n) is 6.67. The maximum absolute atomic E-state index is 4.65. The summed E-state index contributed by atoms with van der Waals surface area (Å²) < 4.78 is 2.18. The van der Waals surface area contributed by atoms with Crippen molar-refractivity contribution in [2.75, 3.05) is 6.54 Å². The zero-order valence-corrected chi connectivity index (χ0v) is 18.5. The standard InChI is InChI=1S/C21H27N5.HI/c1-4-22-21(25-16(2)3)23-13-17-9-11-18(12-10-17)14-26-15-24-19-7-5-6-8-20(19)26;/h5-12,15-16H,4,13-14H2,1-3H3,(H2,22,23,25);1H. The molecular formula is C21H28IN5. The van der Waals surface area contributed by atoms with Crippen molar-refractivity contribution < 1.29 is 0 Å². The maximum Gasteiger partial charge on any atom is 0.191 e. The van der Waals surface area contributed by atoms with Crippen molar-refractivity contribution in [1.82, 2.24) is 20.2 Å². The van der Waals surface area contributed by atoms with Gasteiger partial charge in [0.15, 0.2) is 5.96 Å². The highest BCUT2D eigenvalue weighted by atomic mass is 127. The number of nitrogens with one attached hydrogen (secondary N) is 2. The Morgan fingerprint density at radius 1 is 1.07 bits per heavy atom. The van der Waals surface area contributed by atoms with Crippen LogP contribution in [0.5, 0.6) is 0 Å². The van der Waals surface area contributed by atoms with Gasteiger partial charge in [0.1, 0.15) is 0 Å². The molecule has 6 heteroatoms. The molecule has 27 heavy (non-hydrogen) atoms. The van der Waals surface area contributed by atoms with Gasteiger partial charge in [0.05, 0.1) is 23.9 Å². The average molecular weight is 477 g/mol.